The van der Waals surface area contributed by atoms with Crippen molar-refractivity contribution in [3.63, 3.8) is 0 Å². The standard InChI is InChI=1S/C11H15FN2O5S/c1-3-19-5-4-13-20(17,18)11-7-10(14(15)16)9(12)6-8(11)2/h6-7,13H,3-5H2,1-2H3. The van der Waals surface area contributed by atoms with Crippen LogP contribution in [0.1, 0.15) is 12.5 Å². The van der Waals surface area contributed by atoms with Crippen molar-refractivity contribution in [1.29, 1.82) is 0 Å². The summed E-state index contributed by atoms with van der Waals surface area (Å²) < 4.78 is 44.5. The highest BCUT2D eigenvalue weighted by Crippen LogP contribution is 2.25. The Kier molecular flexibility index (Phi) is 5.54. The number of nitro benzene ring substituents is 1. The Labute approximate surface area is 115 Å². The van der Waals surface area contributed by atoms with Crippen LogP contribution in [0.2, 0.25) is 0 Å². The minimum Gasteiger partial charge on any atom is -0.380 e. The molecule has 112 valence electrons. The summed E-state index contributed by atoms with van der Waals surface area (Å²) >= 11 is 0. The number of ether oxygens (including phenoxy) is 1. The molecule has 0 bridgehead atoms. The van der Waals surface area contributed by atoms with E-state index in [1.165, 1.54) is 6.92 Å². The molecule has 0 atom stereocenters. The molecular formula is C11H15FN2O5S. The molecule has 0 aliphatic heterocycles. The number of nitro groups is 1. The number of nitrogens with one attached hydrogen (secondary N) is 1. The van der Waals surface area contributed by atoms with Gasteiger partial charge < -0.3 is 4.74 Å². The molecule has 0 heterocycles. The quantitative estimate of drug-likeness (QED) is 0.466. The Bertz CT molecular complexity index is 603. The lowest BCUT2D eigenvalue weighted by Crippen LogP contribution is -2.28. The summed E-state index contributed by atoms with van der Waals surface area (Å²) in [7, 11) is -3.95. The van der Waals surface area contributed by atoms with Crippen LogP contribution in [0.4, 0.5) is 10.1 Å². The minimum atomic E-state index is -3.95. The summed E-state index contributed by atoms with van der Waals surface area (Å²) in [5.74, 6) is -1.07. The second-order valence-electron chi connectivity index (χ2n) is 3.92. The lowest BCUT2D eigenvalue weighted by atomic mass is 10.2. The summed E-state index contributed by atoms with van der Waals surface area (Å²) in [5.41, 5.74) is -0.780. The number of sulfonamides is 1. The highest BCUT2D eigenvalue weighted by molar-refractivity contribution is 7.89. The highest BCUT2D eigenvalue weighted by atomic mass is 32.2. The summed E-state index contributed by atoms with van der Waals surface area (Å²) in [6.45, 7) is 3.79. The lowest BCUT2D eigenvalue weighted by Gasteiger charge is -2.09. The van der Waals surface area contributed by atoms with Gasteiger partial charge in [-0.3, -0.25) is 10.1 Å². The molecule has 0 amide bonds. The van der Waals surface area contributed by atoms with E-state index >= 15 is 0 Å². The number of benzene rings is 1. The number of rotatable bonds is 7. The van der Waals surface area contributed by atoms with E-state index in [0.717, 1.165) is 6.07 Å². The van der Waals surface area contributed by atoms with Crippen LogP contribution in [-0.4, -0.2) is 33.1 Å². The van der Waals surface area contributed by atoms with Gasteiger partial charge in [0.1, 0.15) is 0 Å². The molecule has 0 aliphatic rings. The third-order valence-corrected chi connectivity index (χ3v) is 4.08. The first kappa shape index (κ1) is 16.5. The largest absolute Gasteiger partial charge is 0.380 e. The molecule has 1 aromatic carbocycles. The van der Waals surface area contributed by atoms with Crippen LogP contribution in [0.5, 0.6) is 0 Å². The Morgan fingerprint density at radius 1 is 1.45 bits per heavy atom. The molecule has 0 aromatic heterocycles. The SMILES string of the molecule is CCOCCNS(=O)(=O)c1cc([N+](=O)[O-])c(F)cc1C. The minimum absolute atomic E-state index is 0.0286. The van der Waals surface area contributed by atoms with Gasteiger partial charge in [-0.15, -0.1) is 0 Å². The van der Waals surface area contributed by atoms with Gasteiger partial charge in [-0.1, -0.05) is 0 Å². The van der Waals surface area contributed by atoms with E-state index in [-0.39, 0.29) is 23.6 Å². The number of nitrogens with zero attached hydrogens (tertiary/aromatic N) is 1. The van der Waals surface area contributed by atoms with Gasteiger partial charge in [-0.05, 0) is 25.5 Å². The molecule has 7 nitrogen and oxygen atoms in total. The Morgan fingerprint density at radius 3 is 2.65 bits per heavy atom. The van der Waals surface area contributed by atoms with E-state index in [1.54, 1.807) is 6.92 Å². The first-order valence-corrected chi connectivity index (χ1v) is 7.30. The van der Waals surface area contributed by atoms with Crippen LogP contribution in [-0.2, 0) is 14.8 Å². The van der Waals surface area contributed by atoms with Gasteiger partial charge in [0.25, 0.3) is 0 Å². The number of aryl methyl sites for hydroxylation is 1. The smallest absolute Gasteiger partial charge is 0.306 e. The van der Waals surface area contributed by atoms with Crippen LogP contribution < -0.4 is 4.72 Å². The molecular weight excluding hydrogens is 291 g/mol. The van der Waals surface area contributed by atoms with Crippen molar-refractivity contribution in [1.82, 2.24) is 4.72 Å². The van der Waals surface area contributed by atoms with E-state index in [0.29, 0.717) is 12.7 Å². The summed E-state index contributed by atoms with van der Waals surface area (Å²) in [4.78, 5) is 9.36. The molecule has 0 aliphatic carbocycles. The molecule has 0 unspecified atom stereocenters. The maximum Gasteiger partial charge on any atom is 0.306 e. The molecule has 0 saturated carbocycles. The monoisotopic (exact) mass is 306 g/mol. The van der Waals surface area contributed by atoms with Crippen molar-refractivity contribution in [3.8, 4) is 0 Å². The first-order chi connectivity index (χ1) is 9.29. The molecule has 1 rings (SSSR count). The molecule has 0 saturated heterocycles. The third kappa shape index (κ3) is 3.95. The predicted molar refractivity (Wildman–Crippen MR) is 69.5 cm³/mol. The van der Waals surface area contributed by atoms with Crippen LogP contribution in [0.3, 0.4) is 0 Å². The molecule has 1 aromatic rings. The van der Waals surface area contributed by atoms with Gasteiger partial charge in [-0.2, -0.15) is 4.39 Å². The summed E-state index contributed by atoms with van der Waals surface area (Å²) in [6, 6.07) is 1.54. The summed E-state index contributed by atoms with van der Waals surface area (Å²) in [5, 5.41) is 10.6. The fourth-order valence-corrected chi connectivity index (χ4v) is 2.80. The van der Waals surface area contributed by atoms with Crippen molar-refractivity contribution in [3.05, 3.63) is 33.6 Å². The molecule has 0 fully saturated rings. The Morgan fingerprint density at radius 2 is 2.10 bits per heavy atom. The number of hydrogen-bond donors (Lipinski definition) is 1. The maximum atomic E-state index is 13.3. The van der Waals surface area contributed by atoms with Gasteiger partial charge >= 0.3 is 5.69 Å². The van der Waals surface area contributed by atoms with Crippen molar-refractivity contribution in [2.24, 2.45) is 0 Å². The second-order valence-corrected chi connectivity index (χ2v) is 5.66. The number of hydrogen-bond acceptors (Lipinski definition) is 5. The van der Waals surface area contributed by atoms with Gasteiger partial charge in [0.15, 0.2) is 0 Å². The predicted octanol–water partition coefficient (Wildman–Crippen LogP) is 1.36. The van der Waals surface area contributed by atoms with Gasteiger partial charge in [0.05, 0.1) is 16.4 Å². The molecule has 1 N–H and O–H groups in total. The van der Waals surface area contributed by atoms with Gasteiger partial charge in [0, 0.05) is 19.2 Å². The van der Waals surface area contributed by atoms with E-state index in [9.17, 15) is 22.9 Å². The molecule has 9 heteroatoms. The van der Waals surface area contributed by atoms with Crippen LogP contribution in [0, 0.1) is 22.9 Å². The van der Waals surface area contributed by atoms with Crippen LogP contribution >= 0.6 is 0 Å². The normalized spacial score (nSPS) is 11.6. The zero-order valence-electron chi connectivity index (χ0n) is 11.1. The average Bonchev–Trinajstić information content (AvgIpc) is 2.33. The Balaban J connectivity index is 3.05. The first-order valence-electron chi connectivity index (χ1n) is 5.81. The van der Waals surface area contributed by atoms with E-state index in [1.807, 2.05) is 0 Å². The van der Waals surface area contributed by atoms with Crippen molar-refractivity contribution < 1.29 is 22.5 Å². The van der Waals surface area contributed by atoms with E-state index < -0.39 is 26.5 Å². The van der Waals surface area contributed by atoms with Crippen molar-refractivity contribution in [2.45, 2.75) is 18.7 Å². The Hall–Kier alpha value is -1.58. The third-order valence-electron chi connectivity index (χ3n) is 2.47. The van der Waals surface area contributed by atoms with E-state index in [4.69, 9.17) is 4.74 Å². The van der Waals surface area contributed by atoms with E-state index in [2.05, 4.69) is 4.72 Å². The highest BCUT2D eigenvalue weighted by Gasteiger charge is 2.23. The molecule has 20 heavy (non-hydrogen) atoms. The fraction of sp³-hybridized carbons (Fsp3) is 0.455. The summed E-state index contributed by atoms with van der Waals surface area (Å²) in [6.07, 6.45) is 0. The van der Waals surface area contributed by atoms with Gasteiger partial charge in [0.2, 0.25) is 15.8 Å². The zero-order valence-corrected chi connectivity index (χ0v) is 11.9. The van der Waals surface area contributed by atoms with Crippen molar-refractivity contribution >= 4 is 15.7 Å². The lowest BCUT2D eigenvalue weighted by molar-refractivity contribution is -0.387. The number of halogens is 1. The fourth-order valence-electron chi connectivity index (χ4n) is 1.54. The van der Waals surface area contributed by atoms with Crippen molar-refractivity contribution in [2.75, 3.05) is 19.8 Å². The van der Waals surface area contributed by atoms with Crippen LogP contribution in [0.15, 0.2) is 17.0 Å². The molecule has 0 spiro atoms. The molecule has 0 radical (unpaired) electrons. The topological polar surface area (TPSA) is 98.5 Å². The van der Waals surface area contributed by atoms with Crippen LogP contribution in [0.25, 0.3) is 0 Å². The second kappa shape index (κ2) is 6.73. The maximum absolute atomic E-state index is 13.3. The average molecular weight is 306 g/mol. The van der Waals surface area contributed by atoms with Gasteiger partial charge in [-0.25, -0.2) is 13.1 Å². The zero-order chi connectivity index (χ0) is 15.3.